The van der Waals surface area contributed by atoms with Gasteiger partial charge in [-0.1, -0.05) is 12.8 Å². The molecular formula is C20H24N4O3. The summed E-state index contributed by atoms with van der Waals surface area (Å²) >= 11 is 0. The van der Waals surface area contributed by atoms with Gasteiger partial charge in [-0.25, -0.2) is 14.8 Å². The highest BCUT2D eigenvalue weighted by molar-refractivity contribution is 5.93. The van der Waals surface area contributed by atoms with E-state index in [1.165, 1.54) is 0 Å². The van der Waals surface area contributed by atoms with Gasteiger partial charge in [0, 0.05) is 17.4 Å². The molecule has 1 aliphatic rings. The fourth-order valence-corrected chi connectivity index (χ4v) is 3.10. The van der Waals surface area contributed by atoms with E-state index in [0.717, 1.165) is 31.4 Å². The molecule has 7 heteroatoms. The monoisotopic (exact) mass is 368 g/mol. The lowest BCUT2D eigenvalue weighted by Crippen LogP contribution is -2.33. The molecule has 0 bridgehead atoms. The van der Waals surface area contributed by atoms with Gasteiger partial charge in [0.15, 0.2) is 0 Å². The van der Waals surface area contributed by atoms with Crippen LogP contribution >= 0.6 is 0 Å². The van der Waals surface area contributed by atoms with Gasteiger partial charge in [0.25, 0.3) is 5.91 Å². The van der Waals surface area contributed by atoms with Gasteiger partial charge in [0.05, 0.1) is 12.2 Å². The molecule has 1 aromatic carbocycles. The molecular weight excluding hydrogens is 344 g/mol. The molecule has 2 aromatic rings. The third kappa shape index (κ3) is 5.03. The number of carbonyl (C=O) groups excluding carboxylic acids is 2. The van der Waals surface area contributed by atoms with E-state index in [1.54, 1.807) is 37.3 Å². The predicted molar refractivity (Wildman–Crippen MR) is 102 cm³/mol. The van der Waals surface area contributed by atoms with Crippen molar-refractivity contribution in [3.05, 3.63) is 47.3 Å². The van der Waals surface area contributed by atoms with Crippen LogP contribution in [0.4, 0.5) is 11.6 Å². The van der Waals surface area contributed by atoms with Crippen LogP contribution in [-0.2, 0) is 4.74 Å². The van der Waals surface area contributed by atoms with Crippen LogP contribution in [0.15, 0.2) is 30.3 Å². The van der Waals surface area contributed by atoms with Gasteiger partial charge < -0.3 is 15.4 Å². The summed E-state index contributed by atoms with van der Waals surface area (Å²) in [4.78, 5) is 32.8. The normalized spacial score (nSPS) is 14.0. The molecule has 1 aliphatic carbocycles. The van der Waals surface area contributed by atoms with Crippen LogP contribution in [0.2, 0.25) is 0 Å². The second-order valence-corrected chi connectivity index (χ2v) is 6.60. The summed E-state index contributed by atoms with van der Waals surface area (Å²) in [6.07, 6.45) is 4.35. The lowest BCUT2D eigenvalue weighted by molar-refractivity contribution is 0.0526. The number of ether oxygens (including phenoxy) is 1. The number of aryl methyl sites for hydroxylation is 1. The van der Waals surface area contributed by atoms with Crippen LogP contribution in [0.5, 0.6) is 0 Å². The fourth-order valence-electron chi connectivity index (χ4n) is 3.10. The average molecular weight is 368 g/mol. The predicted octanol–water partition coefficient (Wildman–Crippen LogP) is 3.38. The molecule has 0 spiro atoms. The Morgan fingerprint density at radius 1 is 1.15 bits per heavy atom. The Morgan fingerprint density at radius 3 is 2.52 bits per heavy atom. The van der Waals surface area contributed by atoms with Gasteiger partial charge in [-0.15, -0.1) is 0 Å². The number of nitrogens with one attached hydrogen (secondary N) is 2. The van der Waals surface area contributed by atoms with E-state index in [2.05, 4.69) is 20.6 Å². The molecule has 1 heterocycles. The molecule has 1 saturated carbocycles. The minimum absolute atomic E-state index is 0.173. The Hall–Kier alpha value is -2.96. The fraction of sp³-hybridized carbons (Fsp3) is 0.400. The minimum Gasteiger partial charge on any atom is -0.462 e. The number of benzene rings is 1. The number of anilines is 2. The molecule has 7 nitrogen and oxygen atoms in total. The van der Waals surface area contributed by atoms with Gasteiger partial charge in [-0.3, -0.25) is 4.79 Å². The molecule has 1 fully saturated rings. The number of aromatic nitrogens is 2. The summed E-state index contributed by atoms with van der Waals surface area (Å²) in [5.41, 5.74) is 2.24. The van der Waals surface area contributed by atoms with E-state index in [4.69, 9.17) is 4.74 Å². The maximum Gasteiger partial charge on any atom is 0.338 e. The van der Waals surface area contributed by atoms with E-state index in [9.17, 15) is 9.59 Å². The van der Waals surface area contributed by atoms with Gasteiger partial charge in [0.2, 0.25) is 5.95 Å². The first-order valence-electron chi connectivity index (χ1n) is 9.26. The Labute approximate surface area is 158 Å². The zero-order valence-electron chi connectivity index (χ0n) is 15.6. The van der Waals surface area contributed by atoms with Crippen LogP contribution in [0.3, 0.4) is 0 Å². The van der Waals surface area contributed by atoms with E-state index in [-0.39, 0.29) is 17.9 Å². The maximum atomic E-state index is 12.5. The van der Waals surface area contributed by atoms with Gasteiger partial charge in [-0.05, 0) is 57.0 Å². The molecule has 27 heavy (non-hydrogen) atoms. The van der Waals surface area contributed by atoms with Crippen LogP contribution < -0.4 is 10.6 Å². The van der Waals surface area contributed by atoms with Crippen LogP contribution in [0.1, 0.15) is 59.1 Å². The number of rotatable bonds is 6. The molecule has 0 radical (unpaired) electrons. The minimum atomic E-state index is -0.360. The highest BCUT2D eigenvalue weighted by Gasteiger charge is 2.19. The second-order valence-electron chi connectivity index (χ2n) is 6.60. The standard InChI is InChI=1S/C20H24N4O3/c1-3-27-19(26)14-8-10-16(11-9-14)23-20-21-13(2)12-17(24-20)18(25)22-15-6-4-5-7-15/h8-12,15H,3-7H2,1-2H3,(H,22,25)(H,21,23,24). The molecule has 1 aromatic heterocycles. The summed E-state index contributed by atoms with van der Waals surface area (Å²) in [6, 6.07) is 8.75. The van der Waals surface area contributed by atoms with E-state index >= 15 is 0 Å². The zero-order chi connectivity index (χ0) is 19.2. The average Bonchev–Trinajstić information content (AvgIpc) is 3.15. The van der Waals surface area contributed by atoms with Crippen molar-refractivity contribution in [1.82, 2.24) is 15.3 Å². The number of hydrogen-bond acceptors (Lipinski definition) is 6. The van der Waals surface area contributed by atoms with Crippen molar-refractivity contribution in [3.63, 3.8) is 0 Å². The van der Waals surface area contributed by atoms with E-state index < -0.39 is 0 Å². The zero-order valence-corrected chi connectivity index (χ0v) is 15.6. The SMILES string of the molecule is CCOC(=O)c1ccc(Nc2nc(C)cc(C(=O)NC3CCCC3)n2)cc1. The first kappa shape index (κ1) is 18.8. The number of carbonyl (C=O) groups is 2. The lowest BCUT2D eigenvalue weighted by Gasteiger charge is -2.13. The van der Waals surface area contributed by atoms with Crippen molar-refractivity contribution < 1.29 is 14.3 Å². The summed E-state index contributed by atoms with van der Waals surface area (Å²) in [7, 11) is 0. The molecule has 3 rings (SSSR count). The van der Waals surface area contributed by atoms with Crippen molar-refractivity contribution in [2.24, 2.45) is 0 Å². The lowest BCUT2D eigenvalue weighted by atomic mass is 10.2. The van der Waals surface area contributed by atoms with Crippen molar-refractivity contribution >= 4 is 23.5 Å². The smallest absolute Gasteiger partial charge is 0.338 e. The summed E-state index contributed by atoms with van der Waals surface area (Å²) in [6.45, 7) is 3.92. The molecule has 2 N–H and O–H groups in total. The third-order valence-corrected chi connectivity index (χ3v) is 4.43. The van der Waals surface area contributed by atoms with Crippen molar-refractivity contribution in [1.29, 1.82) is 0 Å². The van der Waals surface area contributed by atoms with Crippen molar-refractivity contribution in [2.75, 3.05) is 11.9 Å². The molecule has 142 valence electrons. The molecule has 0 aliphatic heterocycles. The molecule has 0 saturated heterocycles. The summed E-state index contributed by atoms with van der Waals surface area (Å²) in [5.74, 6) is -0.190. The number of amides is 1. The Bertz CT molecular complexity index is 814. The quantitative estimate of drug-likeness (QED) is 0.759. The van der Waals surface area contributed by atoms with Gasteiger partial charge >= 0.3 is 5.97 Å². The van der Waals surface area contributed by atoms with Crippen molar-refractivity contribution in [2.45, 2.75) is 45.6 Å². The molecule has 1 amide bonds. The third-order valence-electron chi connectivity index (χ3n) is 4.43. The van der Waals surface area contributed by atoms with Crippen LogP contribution in [0, 0.1) is 6.92 Å². The Morgan fingerprint density at radius 2 is 1.85 bits per heavy atom. The molecule has 0 unspecified atom stereocenters. The number of hydrogen-bond donors (Lipinski definition) is 2. The largest absolute Gasteiger partial charge is 0.462 e. The Kier molecular flexibility index (Phi) is 6.01. The second kappa shape index (κ2) is 8.62. The van der Waals surface area contributed by atoms with Gasteiger partial charge in [0.1, 0.15) is 5.69 Å². The first-order valence-corrected chi connectivity index (χ1v) is 9.26. The first-order chi connectivity index (χ1) is 13.0. The number of nitrogens with zero attached hydrogens (tertiary/aromatic N) is 2. The topological polar surface area (TPSA) is 93.2 Å². The Balaban J connectivity index is 1.70. The van der Waals surface area contributed by atoms with Gasteiger partial charge in [-0.2, -0.15) is 0 Å². The maximum absolute atomic E-state index is 12.5. The van der Waals surface area contributed by atoms with Crippen LogP contribution in [0.25, 0.3) is 0 Å². The summed E-state index contributed by atoms with van der Waals surface area (Å²) < 4.78 is 4.97. The highest BCUT2D eigenvalue weighted by Crippen LogP contribution is 2.19. The van der Waals surface area contributed by atoms with E-state index in [1.807, 2.05) is 6.92 Å². The summed E-state index contributed by atoms with van der Waals surface area (Å²) in [5, 5.41) is 6.11. The highest BCUT2D eigenvalue weighted by atomic mass is 16.5. The van der Waals surface area contributed by atoms with Crippen LogP contribution in [-0.4, -0.2) is 34.5 Å². The molecule has 0 atom stereocenters. The van der Waals surface area contributed by atoms with E-state index in [0.29, 0.717) is 29.5 Å². The van der Waals surface area contributed by atoms with Crippen molar-refractivity contribution in [3.8, 4) is 0 Å². The number of esters is 1.